The number of furan rings is 1. The van der Waals surface area contributed by atoms with E-state index in [4.69, 9.17) is 10.8 Å². The second-order valence-corrected chi connectivity index (χ2v) is 3.64. The molecule has 0 N–H and O–H groups in total. The lowest BCUT2D eigenvalue weighted by Gasteiger charge is -2.29. The average Bonchev–Trinajstić information content (AvgIpc) is 2.57. The summed E-state index contributed by atoms with van der Waals surface area (Å²) >= 11 is 0. The van der Waals surface area contributed by atoms with Crippen molar-refractivity contribution in [2.75, 3.05) is 7.05 Å². The van der Waals surface area contributed by atoms with Crippen LogP contribution in [0.3, 0.4) is 0 Å². The Balaban J connectivity index is 2.62. The summed E-state index contributed by atoms with van der Waals surface area (Å²) in [5.74, 6) is 3.67. The summed E-state index contributed by atoms with van der Waals surface area (Å²) < 4.78 is 5.23. The first-order valence-electron chi connectivity index (χ1n) is 4.27. The van der Waals surface area contributed by atoms with Crippen molar-refractivity contribution >= 4 is 0 Å². The highest BCUT2D eigenvalue weighted by Gasteiger charge is 2.20. The molecule has 0 aliphatic heterocycles. The summed E-state index contributed by atoms with van der Waals surface area (Å²) in [5.41, 5.74) is -0.229. The molecule has 13 heavy (non-hydrogen) atoms. The third-order valence-electron chi connectivity index (χ3n) is 2.28. The summed E-state index contributed by atoms with van der Waals surface area (Å²) in [7, 11) is 1.99. The number of nitrogens with zero attached hydrogens (tertiary/aromatic N) is 1. The third-order valence-corrected chi connectivity index (χ3v) is 2.28. The molecular weight excluding hydrogens is 162 g/mol. The molecule has 1 aromatic heterocycles. The van der Waals surface area contributed by atoms with Crippen LogP contribution in [0.25, 0.3) is 0 Å². The predicted molar refractivity (Wildman–Crippen MR) is 53.1 cm³/mol. The molecule has 2 heteroatoms. The Kier molecular flexibility index (Phi) is 2.79. The molecule has 0 unspecified atom stereocenters. The van der Waals surface area contributed by atoms with Crippen LogP contribution in [0.1, 0.15) is 19.6 Å². The van der Waals surface area contributed by atoms with Crippen LogP contribution in [0.4, 0.5) is 0 Å². The summed E-state index contributed by atoms with van der Waals surface area (Å²) in [5, 5.41) is 0. The predicted octanol–water partition coefficient (Wildman–Crippen LogP) is 2.12. The van der Waals surface area contributed by atoms with Crippen LogP contribution >= 0.6 is 0 Å². The van der Waals surface area contributed by atoms with Crippen LogP contribution < -0.4 is 0 Å². The molecule has 0 spiro atoms. The van der Waals surface area contributed by atoms with Crippen LogP contribution in [0.2, 0.25) is 0 Å². The van der Waals surface area contributed by atoms with Gasteiger partial charge < -0.3 is 4.42 Å². The molecule has 0 saturated heterocycles. The Morgan fingerprint density at radius 3 is 2.77 bits per heavy atom. The Hall–Kier alpha value is -1.20. The number of terminal acetylenes is 1. The Morgan fingerprint density at radius 1 is 1.62 bits per heavy atom. The summed E-state index contributed by atoms with van der Waals surface area (Å²) in [6.45, 7) is 4.76. The summed E-state index contributed by atoms with van der Waals surface area (Å²) in [6, 6.07) is 3.83. The van der Waals surface area contributed by atoms with Crippen molar-refractivity contribution < 1.29 is 4.42 Å². The van der Waals surface area contributed by atoms with Crippen molar-refractivity contribution in [3.63, 3.8) is 0 Å². The van der Waals surface area contributed by atoms with Crippen molar-refractivity contribution in [2.45, 2.75) is 25.9 Å². The van der Waals surface area contributed by atoms with Crippen molar-refractivity contribution in [3.05, 3.63) is 24.2 Å². The Bertz CT molecular complexity index is 292. The highest BCUT2D eigenvalue weighted by molar-refractivity contribution is 5.09. The fraction of sp³-hybridized carbons (Fsp3) is 0.455. The number of rotatable bonds is 3. The minimum atomic E-state index is -0.229. The average molecular weight is 177 g/mol. The normalized spacial score (nSPS) is 11.6. The van der Waals surface area contributed by atoms with Gasteiger partial charge in [-0.3, -0.25) is 4.90 Å². The van der Waals surface area contributed by atoms with E-state index < -0.39 is 0 Å². The van der Waals surface area contributed by atoms with Gasteiger partial charge in [-0.05, 0) is 33.0 Å². The standard InChI is InChI=1S/C11H15NO/c1-5-11(2,3)12(4)9-10-7-6-8-13-10/h1,6-8H,9H2,2-4H3. The van der Waals surface area contributed by atoms with Crippen molar-refractivity contribution in [1.82, 2.24) is 4.90 Å². The van der Waals surface area contributed by atoms with E-state index in [0.29, 0.717) is 0 Å². The molecule has 0 aromatic carbocycles. The SMILES string of the molecule is C#CC(C)(C)N(C)Cc1ccco1. The van der Waals surface area contributed by atoms with E-state index in [2.05, 4.69) is 10.8 Å². The van der Waals surface area contributed by atoms with Crippen molar-refractivity contribution in [1.29, 1.82) is 0 Å². The maximum atomic E-state index is 5.41. The van der Waals surface area contributed by atoms with Crippen LogP contribution in [0, 0.1) is 12.3 Å². The highest BCUT2D eigenvalue weighted by atomic mass is 16.3. The maximum absolute atomic E-state index is 5.41. The molecule has 0 amide bonds. The third kappa shape index (κ3) is 2.37. The van der Waals surface area contributed by atoms with Gasteiger partial charge in [0.15, 0.2) is 0 Å². The fourth-order valence-corrected chi connectivity index (χ4v) is 0.944. The smallest absolute Gasteiger partial charge is 0.117 e. The van der Waals surface area contributed by atoms with E-state index in [1.807, 2.05) is 33.0 Å². The molecule has 0 radical (unpaired) electrons. The van der Waals surface area contributed by atoms with Gasteiger partial charge in [0.25, 0.3) is 0 Å². The van der Waals surface area contributed by atoms with Gasteiger partial charge in [-0.2, -0.15) is 0 Å². The lowest BCUT2D eigenvalue weighted by atomic mass is 10.1. The van der Waals surface area contributed by atoms with Gasteiger partial charge in [-0.15, -0.1) is 6.42 Å². The van der Waals surface area contributed by atoms with Crippen molar-refractivity contribution in [2.24, 2.45) is 0 Å². The minimum Gasteiger partial charge on any atom is -0.468 e. The minimum absolute atomic E-state index is 0.229. The number of hydrogen-bond acceptors (Lipinski definition) is 2. The zero-order valence-corrected chi connectivity index (χ0v) is 8.37. The maximum Gasteiger partial charge on any atom is 0.117 e. The molecule has 0 aliphatic rings. The highest BCUT2D eigenvalue weighted by Crippen LogP contribution is 2.14. The number of hydrogen-bond donors (Lipinski definition) is 0. The van der Waals surface area contributed by atoms with Gasteiger partial charge in [0.05, 0.1) is 18.3 Å². The zero-order chi connectivity index (χ0) is 9.90. The molecule has 70 valence electrons. The molecule has 1 aromatic rings. The molecule has 1 rings (SSSR count). The Morgan fingerprint density at radius 2 is 2.31 bits per heavy atom. The first kappa shape index (κ1) is 9.88. The summed E-state index contributed by atoms with van der Waals surface area (Å²) in [4.78, 5) is 2.08. The largest absolute Gasteiger partial charge is 0.468 e. The molecule has 0 saturated carbocycles. The van der Waals surface area contributed by atoms with Gasteiger partial charge in [0.1, 0.15) is 5.76 Å². The van der Waals surface area contributed by atoms with Crippen molar-refractivity contribution in [3.8, 4) is 12.3 Å². The van der Waals surface area contributed by atoms with E-state index in [1.165, 1.54) is 0 Å². The van der Waals surface area contributed by atoms with Gasteiger partial charge in [0.2, 0.25) is 0 Å². The van der Waals surface area contributed by atoms with Crippen LogP contribution in [0.15, 0.2) is 22.8 Å². The van der Waals surface area contributed by atoms with E-state index in [-0.39, 0.29) is 5.54 Å². The van der Waals surface area contributed by atoms with E-state index in [0.717, 1.165) is 12.3 Å². The molecule has 0 aliphatic carbocycles. The van der Waals surface area contributed by atoms with Gasteiger partial charge in [-0.25, -0.2) is 0 Å². The van der Waals surface area contributed by atoms with E-state index in [9.17, 15) is 0 Å². The van der Waals surface area contributed by atoms with Gasteiger partial charge in [0, 0.05) is 0 Å². The second-order valence-electron chi connectivity index (χ2n) is 3.64. The van der Waals surface area contributed by atoms with Crippen LogP contribution in [-0.4, -0.2) is 17.5 Å². The second kappa shape index (κ2) is 3.68. The lowest BCUT2D eigenvalue weighted by Crippen LogP contribution is -2.38. The first-order chi connectivity index (χ1) is 6.06. The first-order valence-corrected chi connectivity index (χ1v) is 4.27. The zero-order valence-electron chi connectivity index (χ0n) is 8.37. The molecule has 0 fully saturated rings. The molecular formula is C11H15NO. The quantitative estimate of drug-likeness (QED) is 0.657. The molecule has 0 atom stereocenters. The molecule has 1 heterocycles. The summed E-state index contributed by atoms with van der Waals surface area (Å²) in [6.07, 6.45) is 7.09. The monoisotopic (exact) mass is 177 g/mol. The van der Waals surface area contributed by atoms with E-state index in [1.54, 1.807) is 6.26 Å². The Labute approximate surface area is 79.5 Å². The lowest BCUT2D eigenvalue weighted by molar-refractivity contribution is 0.190. The fourth-order valence-electron chi connectivity index (χ4n) is 0.944. The molecule has 0 bridgehead atoms. The molecule has 2 nitrogen and oxygen atoms in total. The van der Waals surface area contributed by atoms with Crippen LogP contribution in [0.5, 0.6) is 0 Å². The topological polar surface area (TPSA) is 16.4 Å². The van der Waals surface area contributed by atoms with Gasteiger partial charge in [-0.1, -0.05) is 5.92 Å². The van der Waals surface area contributed by atoms with E-state index >= 15 is 0 Å². The van der Waals surface area contributed by atoms with Gasteiger partial charge >= 0.3 is 0 Å². The van der Waals surface area contributed by atoms with Crippen LogP contribution in [-0.2, 0) is 6.54 Å².